The molecule has 1 aliphatic heterocycles. The monoisotopic (exact) mass is 364 g/mol. The number of carboxylic acid groups (broad SMARTS) is 1. The molecule has 1 heterocycles. The minimum absolute atomic E-state index is 0.0000888. The van der Waals surface area contributed by atoms with Crippen molar-refractivity contribution in [3.05, 3.63) is 47.5 Å². The molecule has 0 amide bonds. The summed E-state index contributed by atoms with van der Waals surface area (Å²) in [5, 5.41) is 18.5. The summed E-state index contributed by atoms with van der Waals surface area (Å²) in [6.45, 7) is -0.195. The number of aromatic carboxylic acids is 1. The van der Waals surface area contributed by atoms with Gasteiger partial charge in [-0.3, -0.25) is 0 Å². The Morgan fingerprint density at radius 1 is 1.28 bits per heavy atom. The Labute approximate surface area is 144 Å². The third kappa shape index (κ3) is 3.59. The zero-order valence-electron chi connectivity index (χ0n) is 13.3. The number of aliphatic hydroxyl groups is 1. The lowest BCUT2D eigenvalue weighted by molar-refractivity contribution is 0.0695. The summed E-state index contributed by atoms with van der Waals surface area (Å²) in [4.78, 5) is 11.4. The Bertz CT molecular complexity index is 917. The van der Waals surface area contributed by atoms with E-state index in [0.29, 0.717) is 29.2 Å². The fourth-order valence-corrected chi connectivity index (χ4v) is 3.20. The van der Waals surface area contributed by atoms with Crippen LogP contribution in [0.15, 0.2) is 41.3 Å². The highest BCUT2D eigenvalue weighted by atomic mass is 32.2. The molecule has 8 heteroatoms. The number of aliphatic hydroxyl groups excluding tert-OH is 1. The SMILES string of the molecule is CS(=O)(=O)c1ccc(Oc2cc(C(=O)O)cc3c2CC(CO)O3)cc1. The van der Waals surface area contributed by atoms with Gasteiger partial charge >= 0.3 is 5.97 Å². The lowest BCUT2D eigenvalue weighted by atomic mass is 10.1. The third-order valence-corrected chi connectivity index (χ3v) is 4.95. The van der Waals surface area contributed by atoms with E-state index in [0.717, 1.165) is 6.26 Å². The van der Waals surface area contributed by atoms with Crippen LogP contribution in [0.5, 0.6) is 17.2 Å². The molecule has 0 bridgehead atoms. The van der Waals surface area contributed by atoms with Gasteiger partial charge in [0.25, 0.3) is 0 Å². The summed E-state index contributed by atoms with van der Waals surface area (Å²) in [5.41, 5.74) is 0.663. The van der Waals surface area contributed by atoms with Crippen LogP contribution in [-0.2, 0) is 16.3 Å². The van der Waals surface area contributed by atoms with E-state index in [-0.39, 0.29) is 17.1 Å². The maximum atomic E-state index is 11.5. The van der Waals surface area contributed by atoms with Gasteiger partial charge in [0.1, 0.15) is 23.4 Å². The second-order valence-corrected chi connectivity index (χ2v) is 7.74. The van der Waals surface area contributed by atoms with Crippen molar-refractivity contribution in [1.82, 2.24) is 0 Å². The molecular weight excluding hydrogens is 348 g/mol. The van der Waals surface area contributed by atoms with Gasteiger partial charge in [0.2, 0.25) is 0 Å². The Kier molecular flexibility index (Phi) is 4.40. The third-order valence-electron chi connectivity index (χ3n) is 3.82. The average Bonchev–Trinajstić information content (AvgIpc) is 2.98. The number of hydrogen-bond donors (Lipinski definition) is 2. The molecule has 0 saturated carbocycles. The first-order valence-electron chi connectivity index (χ1n) is 7.43. The van der Waals surface area contributed by atoms with Crippen molar-refractivity contribution in [2.24, 2.45) is 0 Å². The molecule has 0 spiro atoms. The maximum absolute atomic E-state index is 11.5. The lowest BCUT2D eigenvalue weighted by Gasteiger charge is -2.11. The maximum Gasteiger partial charge on any atom is 0.335 e. The van der Waals surface area contributed by atoms with Gasteiger partial charge in [-0.25, -0.2) is 13.2 Å². The molecule has 2 N–H and O–H groups in total. The Balaban J connectivity index is 1.96. The molecule has 7 nitrogen and oxygen atoms in total. The van der Waals surface area contributed by atoms with Crippen LogP contribution >= 0.6 is 0 Å². The van der Waals surface area contributed by atoms with Crippen LogP contribution in [-0.4, -0.2) is 43.6 Å². The molecule has 0 radical (unpaired) electrons. The van der Waals surface area contributed by atoms with Gasteiger partial charge < -0.3 is 19.7 Å². The molecular formula is C17H16O7S. The van der Waals surface area contributed by atoms with Gasteiger partial charge in [0.05, 0.1) is 17.1 Å². The minimum atomic E-state index is -3.31. The molecule has 0 aliphatic carbocycles. The van der Waals surface area contributed by atoms with Gasteiger partial charge in [0.15, 0.2) is 9.84 Å². The normalized spacial score (nSPS) is 16.2. The summed E-state index contributed by atoms with van der Waals surface area (Å²) < 4.78 is 34.3. The summed E-state index contributed by atoms with van der Waals surface area (Å²) in [5.74, 6) is -0.0969. The molecule has 0 fully saturated rings. The largest absolute Gasteiger partial charge is 0.487 e. The average molecular weight is 364 g/mol. The molecule has 1 atom stereocenters. The number of sulfone groups is 1. The van der Waals surface area contributed by atoms with Crippen LogP contribution in [0.25, 0.3) is 0 Å². The van der Waals surface area contributed by atoms with Gasteiger partial charge in [0, 0.05) is 18.2 Å². The van der Waals surface area contributed by atoms with E-state index in [1.807, 2.05) is 0 Å². The van der Waals surface area contributed by atoms with Crippen LogP contribution in [0.1, 0.15) is 15.9 Å². The standard InChI is InChI=1S/C17H16O7S/c1-25(21,22)13-4-2-11(3-5-13)23-15-6-10(17(19)20)7-16-14(15)8-12(9-18)24-16/h2-7,12,18H,8-9H2,1H3,(H,19,20). The van der Waals surface area contributed by atoms with Crippen molar-refractivity contribution < 1.29 is 32.9 Å². The first-order valence-corrected chi connectivity index (χ1v) is 9.33. The van der Waals surface area contributed by atoms with Crippen molar-refractivity contribution in [3.8, 4) is 17.2 Å². The predicted molar refractivity (Wildman–Crippen MR) is 88.2 cm³/mol. The lowest BCUT2D eigenvalue weighted by Crippen LogP contribution is -2.17. The van der Waals surface area contributed by atoms with Gasteiger partial charge in [-0.1, -0.05) is 0 Å². The second kappa shape index (κ2) is 6.38. The van der Waals surface area contributed by atoms with Gasteiger partial charge in [-0.15, -0.1) is 0 Å². The van der Waals surface area contributed by atoms with E-state index in [1.54, 1.807) is 0 Å². The zero-order chi connectivity index (χ0) is 18.2. The summed E-state index contributed by atoms with van der Waals surface area (Å²) in [6, 6.07) is 8.60. The van der Waals surface area contributed by atoms with Crippen molar-refractivity contribution >= 4 is 15.8 Å². The number of rotatable bonds is 5. The van der Waals surface area contributed by atoms with Crippen molar-refractivity contribution in [3.63, 3.8) is 0 Å². The first kappa shape index (κ1) is 17.2. The number of hydrogen-bond acceptors (Lipinski definition) is 6. The van der Waals surface area contributed by atoms with Crippen molar-refractivity contribution in [1.29, 1.82) is 0 Å². The first-order chi connectivity index (χ1) is 11.8. The van der Waals surface area contributed by atoms with Crippen molar-refractivity contribution in [2.75, 3.05) is 12.9 Å². The highest BCUT2D eigenvalue weighted by molar-refractivity contribution is 7.90. The molecule has 0 aromatic heterocycles. The molecule has 3 rings (SSSR count). The molecule has 0 saturated heterocycles. The van der Waals surface area contributed by atoms with E-state index in [4.69, 9.17) is 9.47 Å². The fourth-order valence-electron chi connectivity index (χ4n) is 2.57. The van der Waals surface area contributed by atoms with E-state index >= 15 is 0 Å². The smallest absolute Gasteiger partial charge is 0.335 e. The zero-order valence-corrected chi connectivity index (χ0v) is 14.1. The topological polar surface area (TPSA) is 110 Å². The van der Waals surface area contributed by atoms with E-state index < -0.39 is 21.9 Å². The Hall–Kier alpha value is -2.58. The number of ether oxygens (including phenoxy) is 2. The minimum Gasteiger partial charge on any atom is -0.487 e. The summed E-state index contributed by atoms with van der Waals surface area (Å²) >= 11 is 0. The number of fused-ring (bicyclic) bond motifs is 1. The predicted octanol–water partition coefficient (Wildman–Crippen LogP) is 1.88. The molecule has 132 valence electrons. The van der Waals surface area contributed by atoms with Crippen LogP contribution in [0.4, 0.5) is 0 Å². The Morgan fingerprint density at radius 2 is 1.96 bits per heavy atom. The van der Waals surface area contributed by atoms with Crippen LogP contribution in [0.2, 0.25) is 0 Å². The second-order valence-electron chi connectivity index (χ2n) is 5.73. The highest BCUT2D eigenvalue weighted by Crippen LogP contribution is 2.39. The fraction of sp³-hybridized carbons (Fsp3) is 0.235. The number of benzene rings is 2. The van der Waals surface area contributed by atoms with E-state index in [2.05, 4.69) is 0 Å². The molecule has 2 aromatic carbocycles. The molecule has 2 aromatic rings. The molecule has 25 heavy (non-hydrogen) atoms. The number of carbonyl (C=O) groups is 1. The van der Waals surface area contributed by atoms with E-state index in [1.165, 1.54) is 36.4 Å². The van der Waals surface area contributed by atoms with Crippen molar-refractivity contribution in [2.45, 2.75) is 17.4 Å². The highest BCUT2D eigenvalue weighted by Gasteiger charge is 2.28. The van der Waals surface area contributed by atoms with Crippen LogP contribution in [0, 0.1) is 0 Å². The van der Waals surface area contributed by atoms with Crippen LogP contribution in [0.3, 0.4) is 0 Å². The van der Waals surface area contributed by atoms with E-state index in [9.17, 15) is 23.4 Å². The molecule has 1 aliphatic rings. The number of carboxylic acids is 1. The molecule has 1 unspecified atom stereocenters. The van der Waals surface area contributed by atoms with Crippen LogP contribution < -0.4 is 9.47 Å². The Morgan fingerprint density at radius 3 is 2.52 bits per heavy atom. The van der Waals surface area contributed by atoms with Gasteiger partial charge in [-0.05, 0) is 36.4 Å². The summed E-state index contributed by atoms with van der Waals surface area (Å²) in [6.07, 6.45) is 1.05. The quantitative estimate of drug-likeness (QED) is 0.833. The summed E-state index contributed by atoms with van der Waals surface area (Å²) in [7, 11) is -3.31. The van der Waals surface area contributed by atoms with Gasteiger partial charge in [-0.2, -0.15) is 0 Å².